The first-order valence-corrected chi connectivity index (χ1v) is 10.2. The highest BCUT2D eigenvalue weighted by Gasteiger charge is 2.06. The van der Waals surface area contributed by atoms with Gasteiger partial charge in [0.15, 0.2) is 17.5 Å². The zero-order valence-corrected chi connectivity index (χ0v) is 20.8. The average molecular weight is 540 g/mol. The van der Waals surface area contributed by atoms with E-state index in [1.807, 2.05) is 55.5 Å². The van der Waals surface area contributed by atoms with Gasteiger partial charge in [0.1, 0.15) is 0 Å². The van der Waals surface area contributed by atoms with Gasteiger partial charge in [-0.3, -0.25) is 9.79 Å². The summed E-state index contributed by atoms with van der Waals surface area (Å²) in [6, 6.07) is 15.8. The van der Waals surface area contributed by atoms with Crippen LogP contribution < -0.4 is 25.4 Å². The number of methoxy groups -OCH3 is 1. The highest BCUT2D eigenvalue weighted by Crippen LogP contribution is 2.28. The van der Waals surface area contributed by atoms with E-state index >= 15 is 0 Å². The molecule has 1 amide bonds. The van der Waals surface area contributed by atoms with E-state index in [0.29, 0.717) is 19.1 Å². The van der Waals surface area contributed by atoms with E-state index < -0.39 is 0 Å². The predicted molar refractivity (Wildman–Crippen MR) is 136 cm³/mol. The molecular formula is C23H33IN4O3. The third-order valence-corrected chi connectivity index (χ3v) is 4.44. The number of hydrogen-bond donors (Lipinski definition) is 3. The number of amides is 1. The predicted octanol–water partition coefficient (Wildman–Crippen LogP) is 3.13. The lowest BCUT2D eigenvalue weighted by Gasteiger charge is -2.13. The number of carbonyl (C=O) groups excluding carboxylic acids is 1. The van der Waals surface area contributed by atoms with Crippen LogP contribution in [0.1, 0.15) is 24.5 Å². The summed E-state index contributed by atoms with van der Waals surface area (Å²) in [6.07, 6.45) is 1.81. The average Bonchev–Trinajstić information content (AvgIpc) is 2.78. The molecule has 8 heteroatoms. The Morgan fingerprint density at radius 1 is 1.00 bits per heavy atom. The molecule has 170 valence electrons. The molecule has 0 unspecified atom stereocenters. The quantitative estimate of drug-likeness (QED) is 0.177. The second kappa shape index (κ2) is 15.3. The Balaban J connectivity index is 0.00000480. The van der Waals surface area contributed by atoms with Crippen LogP contribution in [0.2, 0.25) is 0 Å². The van der Waals surface area contributed by atoms with Crippen molar-refractivity contribution in [2.75, 3.05) is 33.9 Å². The van der Waals surface area contributed by atoms with Crippen molar-refractivity contribution in [3.05, 3.63) is 59.7 Å². The fraction of sp³-hybridized carbons (Fsp3) is 0.391. The Kier molecular flexibility index (Phi) is 13.1. The number of aliphatic imine (C=N–C) groups is 1. The molecule has 7 nitrogen and oxygen atoms in total. The highest BCUT2D eigenvalue weighted by molar-refractivity contribution is 14.0. The van der Waals surface area contributed by atoms with Gasteiger partial charge in [-0.15, -0.1) is 24.0 Å². The zero-order chi connectivity index (χ0) is 21.6. The summed E-state index contributed by atoms with van der Waals surface area (Å²) in [5.41, 5.74) is 2.25. The van der Waals surface area contributed by atoms with Crippen LogP contribution in [0.3, 0.4) is 0 Å². The van der Waals surface area contributed by atoms with Crippen molar-refractivity contribution >= 4 is 35.8 Å². The Labute approximate surface area is 202 Å². The smallest absolute Gasteiger partial charge is 0.239 e. The van der Waals surface area contributed by atoms with Crippen LogP contribution in [0, 0.1) is 0 Å². The van der Waals surface area contributed by atoms with Crippen molar-refractivity contribution in [2.45, 2.75) is 26.3 Å². The summed E-state index contributed by atoms with van der Waals surface area (Å²) in [7, 11) is 3.33. The molecule has 0 aliphatic rings. The van der Waals surface area contributed by atoms with Crippen molar-refractivity contribution in [3.8, 4) is 11.5 Å². The number of hydrogen-bond acceptors (Lipinski definition) is 4. The van der Waals surface area contributed by atoms with Crippen LogP contribution >= 0.6 is 24.0 Å². The van der Waals surface area contributed by atoms with Crippen LogP contribution in [0.15, 0.2) is 53.5 Å². The van der Waals surface area contributed by atoms with Crippen molar-refractivity contribution in [1.29, 1.82) is 0 Å². The number of aryl methyl sites for hydroxylation is 1. The van der Waals surface area contributed by atoms with Gasteiger partial charge >= 0.3 is 0 Å². The maximum atomic E-state index is 12.0. The van der Waals surface area contributed by atoms with Crippen molar-refractivity contribution in [3.63, 3.8) is 0 Å². The number of benzene rings is 2. The third kappa shape index (κ3) is 9.91. The molecule has 0 heterocycles. The van der Waals surface area contributed by atoms with Crippen LogP contribution in [-0.4, -0.2) is 45.7 Å². The Morgan fingerprint density at radius 3 is 2.45 bits per heavy atom. The molecule has 31 heavy (non-hydrogen) atoms. The Bertz CT molecular complexity index is 816. The van der Waals surface area contributed by atoms with Crippen LogP contribution in [0.4, 0.5) is 0 Å². The van der Waals surface area contributed by atoms with Gasteiger partial charge in [0.2, 0.25) is 5.91 Å². The summed E-state index contributed by atoms with van der Waals surface area (Å²) in [6.45, 7) is 3.97. The molecule has 3 N–H and O–H groups in total. The topological polar surface area (TPSA) is 84.0 Å². The molecule has 2 rings (SSSR count). The number of carbonyl (C=O) groups is 1. The first kappa shape index (κ1) is 26.5. The minimum Gasteiger partial charge on any atom is -0.493 e. The monoisotopic (exact) mass is 540 g/mol. The standard InChI is InChI=1S/C23H32N4O3.HI/c1-4-30-21-15-18(12-13-20(21)29-3)11-8-14-25-23(24-2)27-17-22(28)26-16-19-9-6-5-7-10-19;/h5-7,9-10,12-13,15H,4,8,11,14,16-17H2,1-3H3,(H,26,28)(H2,24,25,27);1H. The van der Waals surface area contributed by atoms with E-state index in [1.54, 1.807) is 14.2 Å². The second-order valence-corrected chi connectivity index (χ2v) is 6.64. The molecule has 2 aromatic carbocycles. The summed E-state index contributed by atoms with van der Waals surface area (Å²) >= 11 is 0. The first-order chi connectivity index (χ1) is 14.7. The van der Waals surface area contributed by atoms with E-state index in [0.717, 1.165) is 36.4 Å². The zero-order valence-electron chi connectivity index (χ0n) is 18.4. The minimum absolute atomic E-state index is 0. The number of rotatable bonds is 11. The lowest BCUT2D eigenvalue weighted by atomic mass is 10.1. The van der Waals surface area contributed by atoms with Crippen LogP contribution in [-0.2, 0) is 17.8 Å². The molecule has 0 aliphatic carbocycles. The van der Waals surface area contributed by atoms with Gasteiger partial charge in [0, 0.05) is 20.1 Å². The SMILES string of the molecule is CCOc1cc(CCCNC(=NC)NCC(=O)NCc2ccccc2)ccc1OC.I. The van der Waals surface area contributed by atoms with Crippen LogP contribution in [0.5, 0.6) is 11.5 Å². The van der Waals surface area contributed by atoms with E-state index in [-0.39, 0.29) is 36.4 Å². The molecule has 2 aromatic rings. The van der Waals surface area contributed by atoms with Gasteiger partial charge in [0.25, 0.3) is 0 Å². The summed E-state index contributed by atoms with van der Waals surface area (Å²) in [5.74, 6) is 2.04. The number of ether oxygens (including phenoxy) is 2. The maximum Gasteiger partial charge on any atom is 0.239 e. The van der Waals surface area contributed by atoms with Crippen molar-refractivity contribution in [2.24, 2.45) is 4.99 Å². The van der Waals surface area contributed by atoms with Gasteiger partial charge in [-0.25, -0.2) is 0 Å². The van der Waals surface area contributed by atoms with Crippen LogP contribution in [0.25, 0.3) is 0 Å². The molecule has 0 atom stereocenters. The Hall–Kier alpha value is -2.49. The fourth-order valence-corrected chi connectivity index (χ4v) is 2.89. The second-order valence-electron chi connectivity index (χ2n) is 6.64. The number of halogens is 1. The molecule has 0 aromatic heterocycles. The molecule has 0 saturated carbocycles. The minimum atomic E-state index is -0.0801. The summed E-state index contributed by atoms with van der Waals surface area (Å²) in [4.78, 5) is 16.2. The van der Waals surface area contributed by atoms with Gasteiger partial charge in [-0.05, 0) is 43.0 Å². The molecule has 0 radical (unpaired) electrons. The first-order valence-electron chi connectivity index (χ1n) is 10.2. The van der Waals surface area contributed by atoms with Gasteiger partial charge in [-0.2, -0.15) is 0 Å². The van der Waals surface area contributed by atoms with E-state index in [9.17, 15) is 4.79 Å². The third-order valence-electron chi connectivity index (χ3n) is 4.44. The van der Waals surface area contributed by atoms with Crippen molar-refractivity contribution in [1.82, 2.24) is 16.0 Å². The molecule has 0 spiro atoms. The molecule has 0 saturated heterocycles. The number of nitrogens with one attached hydrogen (secondary N) is 3. The van der Waals surface area contributed by atoms with E-state index in [1.165, 1.54) is 5.56 Å². The van der Waals surface area contributed by atoms with E-state index in [4.69, 9.17) is 9.47 Å². The molecule has 0 fully saturated rings. The van der Waals surface area contributed by atoms with Gasteiger partial charge < -0.3 is 25.4 Å². The number of nitrogens with zero attached hydrogens (tertiary/aromatic N) is 1. The maximum absolute atomic E-state index is 12.0. The Morgan fingerprint density at radius 2 is 1.77 bits per heavy atom. The molecular weight excluding hydrogens is 507 g/mol. The lowest BCUT2D eigenvalue weighted by Crippen LogP contribution is -2.43. The fourth-order valence-electron chi connectivity index (χ4n) is 2.89. The highest BCUT2D eigenvalue weighted by atomic mass is 127. The van der Waals surface area contributed by atoms with Gasteiger partial charge in [0.05, 0.1) is 20.3 Å². The van der Waals surface area contributed by atoms with Crippen molar-refractivity contribution < 1.29 is 14.3 Å². The summed E-state index contributed by atoms with van der Waals surface area (Å²) in [5, 5.41) is 9.16. The summed E-state index contributed by atoms with van der Waals surface area (Å²) < 4.78 is 10.9. The molecule has 0 bridgehead atoms. The molecule has 0 aliphatic heterocycles. The number of guanidine groups is 1. The largest absolute Gasteiger partial charge is 0.493 e. The van der Waals surface area contributed by atoms with E-state index in [2.05, 4.69) is 20.9 Å². The normalized spacial score (nSPS) is 10.6. The lowest BCUT2D eigenvalue weighted by molar-refractivity contribution is -0.120. The van der Waals surface area contributed by atoms with Gasteiger partial charge in [-0.1, -0.05) is 36.4 Å².